The Bertz CT molecular complexity index is 3540. The highest BCUT2D eigenvalue weighted by atomic mass is 32.1. The molecule has 0 aliphatic rings. The Morgan fingerprint density at radius 3 is 1.64 bits per heavy atom. The van der Waals surface area contributed by atoms with E-state index in [1.807, 2.05) is 11.3 Å². The monoisotopic (exact) mass is 768 g/mol. The minimum absolute atomic E-state index is 1.11. The summed E-state index contributed by atoms with van der Waals surface area (Å²) in [6.45, 7) is 0. The molecule has 0 spiro atoms. The van der Waals surface area contributed by atoms with Gasteiger partial charge < -0.3 is 9.47 Å². The first-order valence-electron chi connectivity index (χ1n) is 20.2. The largest absolute Gasteiger partial charge is 0.310 e. The zero-order chi connectivity index (χ0) is 38.9. The Labute approximate surface area is 346 Å². The second-order valence-corrected chi connectivity index (χ2v) is 16.4. The second kappa shape index (κ2) is 13.6. The van der Waals surface area contributed by atoms with Gasteiger partial charge in [-0.25, -0.2) is 0 Å². The van der Waals surface area contributed by atoms with Crippen LogP contribution in [0.5, 0.6) is 0 Å². The number of hydrogen-bond donors (Lipinski definition) is 0. The van der Waals surface area contributed by atoms with Gasteiger partial charge in [0, 0.05) is 59.1 Å². The maximum Gasteiger partial charge on any atom is 0.0619 e. The molecule has 0 N–H and O–H groups in total. The lowest BCUT2D eigenvalue weighted by Gasteiger charge is -2.26. The number of fused-ring (bicyclic) bond motifs is 9. The van der Waals surface area contributed by atoms with E-state index in [1.54, 1.807) is 0 Å². The molecule has 2 heterocycles. The summed E-state index contributed by atoms with van der Waals surface area (Å²) in [5.74, 6) is 0. The van der Waals surface area contributed by atoms with Crippen molar-refractivity contribution >= 4 is 91.9 Å². The fourth-order valence-corrected chi connectivity index (χ4v) is 10.2. The standard InChI is InChI=1S/C56H36N2S/c1-2-13-44(14-3-1)58-53-35-43(25-31-49(53)52-32-24-40-11-6-7-15-48(40)56(52)58)39-22-28-46(29-23-39)57(47-30-33-51-50-16-8-9-17-54(50)59-55(51)36-47)45-26-20-38(21-27-45)42-19-18-37-10-4-5-12-41(37)34-42/h1-36H. The Kier molecular flexibility index (Phi) is 7.75. The van der Waals surface area contributed by atoms with Crippen LogP contribution in [0.2, 0.25) is 0 Å². The number of benzene rings is 10. The molecule has 0 atom stereocenters. The van der Waals surface area contributed by atoms with Crippen molar-refractivity contribution in [3.8, 4) is 27.9 Å². The minimum Gasteiger partial charge on any atom is -0.310 e. The normalized spacial score (nSPS) is 11.7. The number of thiophene rings is 1. The molecule has 0 saturated heterocycles. The Hall–Kier alpha value is -7.46. The van der Waals surface area contributed by atoms with Crippen LogP contribution >= 0.6 is 11.3 Å². The summed E-state index contributed by atoms with van der Waals surface area (Å²) in [4.78, 5) is 2.39. The molecule has 0 aliphatic carbocycles. The summed E-state index contributed by atoms with van der Waals surface area (Å²) in [6.07, 6.45) is 0. The zero-order valence-electron chi connectivity index (χ0n) is 32.1. The maximum atomic E-state index is 2.44. The molecule has 276 valence electrons. The van der Waals surface area contributed by atoms with E-state index < -0.39 is 0 Å². The van der Waals surface area contributed by atoms with Gasteiger partial charge in [-0.3, -0.25) is 0 Å². The van der Waals surface area contributed by atoms with Crippen molar-refractivity contribution in [1.82, 2.24) is 4.57 Å². The van der Waals surface area contributed by atoms with Crippen molar-refractivity contribution in [2.75, 3.05) is 4.90 Å². The van der Waals surface area contributed by atoms with Crippen LogP contribution in [0.3, 0.4) is 0 Å². The third-order valence-electron chi connectivity index (χ3n) is 12.0. The highest BCUT2D eigenvalue weighted by Gasteiger charge is 2.18. The lowest BCUT2D eigenvalue weighted by atomic mass is 10.0. The summed E-state index contributed by atoms with van der Waals surface area (Å²) in [5, 5.41) is 10.1. The van der Waals surface area contributed by atoms with Crippen molar-refractivity contribution in [3.05, 3.63) is 218 Å². The summed E-state index contributed by atoms with van der Waals surface area (Å²) < 4.78 is 5.04. The van der Waals surface area contributed by atoms with Gasteiger partial charge in [0.15, 0.2) is 0 Å². The lowest BCUT2D eigenvalue weighted by molar-refractivity contribution is 1.19. The molecule has 0 saturated carbocycles. The van der Waals surface area contributed by atoms with Crippen molar-refractivity contribution in [2.45, 2.75) is 0 Å². The Morgan fingerprint density at radius 1 is 0.322 bits per heavy atom. The second-order valence-electron chi connectivity index (χ2n) is 15.4. The Balaban J connectivity index is 0.973. The van der Waals surface area contributed by atoms with E-state index in [1.165, 1.54) is 85.8 Å². The van der Waals surface area contributed by atoms with Crippen molar-refractivity contribution in [3.63, 3.8) is 0 Å². The number of rotatable bonds is 6. The molecule has 2 aromatic heterocycles. The number of aromatic nitrogens is 1. The van der Waals surface area contributed by atoms with Crippen molar-refractivity contribution in [2.24, 2.45) is 0 Å². The number of hydrogen-bond acceptors (Lipinski definition) is 2. The van der Waals surface area contributed by atoms with Crippen LogP contribution in [-0.4, -0.2) is 4.57 Å². The molecule has 10 aromatic carbocycles. The summed E-state index contributed by atoms with van der Waals surface area (Å²) in [7, 11) is 0. The molecular formula is C56H36N2S. The van der Waals surface area contributed by atoms with Gasteiger partial charge >= 0.3 is 0 Å². The van der Waals surface area contributed by atoms with Gasteiger partial charge in [0.2, 0.25) is 0 Å². The lowest BCUT2D eigenvalue weighted by Crippen LogP contribution is -2.09. The van der Waals surface area contributed by atoms with Gasteiger partial charge in [-0.1, -0.05) is 152 Å². The van der Waals surface area contributed by atoms with Crippen LogP contribution in [0.15, 0.2) is 218 Å². The van der Waals surface area contributed by atoms with Crippen LogP contribution in [0.4, 0.5) is 17.1 Å². The summed E-state index contributed by atoms with van der Waals surface area (Å²) in [5.41, 5.74) is 11.8. The number of para-hydroxylation sites is 1. The van der Waals surface area contributed by atoms with E-state index in [-0.39, 0.29) is 0 Å². The van der Waals surface area contributed by atoms with Gasteiger partial charge in [0.05, 0.1) is 11.0 Å². The minimum atomic E-state index is 1.11. The molecule has 0 unspecified atom stereocenters. The van der Waals surface area contributed by atoms with E-state index in [4.69, 9.17) is 0 Å². The van der Waals surface area contributed by atoms with E-state index in [9.17, 15) is 0 Å². The molecule has 59 heavy (non-hydrogen) atoms. The fraction of sp³-hybridized carbons (Fsp3) is 0. The van der Waals surface area contributed by atoms with Crippen LogP contribution in [0.1, 0.15) is 0 Å². The highest BCUT2D eigenvalue weighted by Crippen LogP contribution is 2.43. The van der Waals surface area contributed by atoms with Gasteiger partial charge in [0.1, 0.15) is 0 Å². The average Bonchev–Trinajstić information content (AvgIpc) is 3.85. The fourth-order valence-electron chi connectivity index (χ4n) is 9.08. The molecule has 12 aromatic rings. The molecule has 0 fully saturated rings. The SMILES string of the molecule is c1ccc(-n2c3cc(-c4ccc(N(c5ccc(-c6ccc7ccccc7c6)cc5)c5ccc6c(c5)sc5ccccc56)cc4)ccc3c3ccc4ccccc4c32)cc1. The van der Waals surface area contributed by atoms with E-state index >= 15 is 0 Å². The third-order valence-corrected chi connectivity index (χ3v) is 13.1. The smallest absolute Gasteiger partial charge is 0.0619 e. The summed E-state index contributed by atoms with van der Waals surface area (Å²) >= 11 is 1.86. The number of anilines is 3. The first kappa shape index (κ1) is 33.7. The molecule has 2 nitrogen and oxygen atoms in total. The van der Waals surface area contributed by atoms with Gasteiger partial charge in [-0.05, 0) is 105 Å². The van der Waals surface area contributed by atoms with Gasteiger partial charge in [-0.2, -0.15) is 0 Å². The van der Waals surface area contributed by atoms with E-state index in [0.717, 1.165) is 22.7 Å². The first-order chi connectivity index (χ1) is 29.2. The molecular weight excluding hydrogens is 733 g/mol. The topological polar surface area (TPSA) is 8.17 Å². The van der Waals surface area contributed by atoms with Gasteiger partial charge in [-0.15, -0.1) is 11.3 Å². The zero-order valence-corrected chi connectivity index (χ0v) is 32.9. The molecule has 12 rings (SSSR count). The van der Waals surface area contributed by atoms with Crippen LogP contribution < -0.4 is 4.90 Å². The Morgan fingerprint density at radius 2 is 0.864 bits per heavy atom. The molecule has 0 amide bonds. The molecule has 3 heteroatoms. The van der Waals surface area contributed by atoms with E-state index in [2.05, 4.69) is 228 Å². The first-order valence-corrected chi connectivity index (χ1v) is 21.0. The maximum absolute atomic E-state index is 2.44. The van der Waals surface area contributed by atoms with E-state index in [0.29, 0.717) is 0 Å². The third kappa shape index (κ3) is 5.62. The average molecular weight is 769 g/mol. The predicted octanol–water partition coefficient (Wildman–Crippen LogP) is 16.3. The highest BCUT2D eigenvalue weighted by molar-refractivity contribution is 7.25. The summed E-state index contributed by atoms with van der Waals surface area (Å²) in [6, 6.07) is 80.0. The van der Waals surface area contributed by atoms with Crippen molar-refractivity contribution in [1.29, 1.82) is 0 Å². The van der Waals surface area contributed by atoms with Crippen LogP contribution in [0, 0.1) is 0 Å². The molecule has 0 bridgehead atoms. The molecule has 0 radical (unpaired) electrons. The predicted molar refractivity (Wildman–Crippen MR) is 254 cm³/mol. The van der Waals surface area contributed by atoms with Crippen molar-refractivity contribution < 1.29 is 0 Å². The quantitative estimate of drug-likeness (QED) is 0.164. The number of nitrogens with zero attached hydrogens (tertiary/aromatic N) is 2. The van der Waals surface area contributed by atoms with Crippen LogP contribution in [0.25, 0.3) is 91.5 Å². The van der Waals surface area contributed by atoms with Gasteiger partial charge in [0.25, 0.3) is 0 Å². The molecule has 0 aliphatic heterocycles. The van der Waals surface area contributed by atoms with Crippen LogP contribution in [-0.2, 0) is 0 Å².